The molecule has 6 heteroatoms. The quantitative estimate of drug-likeness (QED) is 0.835. The van der Waals surface area contributed by atoms with Crippen LogP contribution in [0.1, 0.15) is 10.4 Å². The van der Waals surface area contributed by atoms with E-state index in [2.05, 4.69) is 21.2 Å². The molecule has 2 aromatic rings. The summed E-state index contributed by atoms with van der Waals surface area (Å²) in [6.45, 7) is 0. The lowest BCUT2D eigenvalue weighted by atomic mass is 10.1. The number of anilines is 1. The van der Waals surface area contributed by atoms with Gasteiger partial charge in [-0.1, -0.05) is 11.8 Å². The van der Waals surface area contributed by atoms with Crippen molar-refractivity contribution in [3.05, 3.63) is 52.3 Å². The van der Waals surface area contributed by atoms with Gasteiger partial charge in [-0.25, -0.2) is 4.39 Å². The van der Waals surface area contributed by atoms with Crippen LogP contribution < -0.4 is 5.32 Å². The second-order valence-electron chi connectivity index (χ2n) is 4.17. The van der Waals surface area contributed by atoms with Crippen molar-refractivity contribution >= 4 is 45.1 Å². The Kier molecular flexibility index (Phi) is 3.35. The lowest BCUT2D eigenvalue weighted by Crippen LogP contribution is -2.12. The molecule has 0 atom stereocenters. The minimum absolute atomic E-state index is 0.291. The lowest BCUT2D eigenvalue weighted by molar-refractivity contribution is -0.112. The standard InChI is InChI=1S/C14H7BrFNO2S/c15-10-5-9-11(17-14(19)13(9)18)6-12(10)20-8-3-1-7(16)2-4-8/h1-6H,(H,17,18,19). The van der Waals surface area contributed by atoms with E-state index in [1.807, 2.05) is 0 Å². The van der Waals surface area contributed by atoms with E-state index in [4.69, 9.17) is 0 Å². The van der Waals surface area contributed by atoms with Crippen molar-refractivity contribution in [2.45, 2.75) is 9.79 Å². The molecular formula is C14H7BrFNO2S. The number of amides is 1. The molecule has 1 aliphatic rings. The Bertz CT molecular complexity index is 731. The highest BCUT2D eigenvalue weighted by Gasteiger charge is 2.29. The molecule has 0 bridgehead atoms. The van der Waals surface area contributed by atoms with E-state index in [1.165, 1.54) is 23.9 Å². The Morgan fingerprint density at radius 2 is 1.80 bits per heavy atom. The minimum atomic E-state index is -0.615. The highest BCUT2D eigenvalue weighted by atomic mass is 79.9. The van der Waals surface area contributed by atoms with Crippen LogP contribution in [0.3, 0.4) is 0 Å². The van der Waals surface area contributed by atoms with Crippen LogP contribution >= 0.6 is 27.7 Å². The molecule has 0 aliphatic carbocycles. The van der Waals surface area contributed by atoms with Gasteiger partial charge in [0.1, 0.15) is 5.82 Å². The van der Waals surface area contributed by atoms with E-state index >= 15 is 0 Å². The fraction of sp³-hybridized carbons (Fsp3) is 0. The molecule has 0 saturated heterocycles. The van der Waals surface area contributed by atoms with Gasteiger partial charge in [-0.3, -0.25) is 9.59 Å². The zero-order chi connectivity index (χ0) is 14.3. The monoisotopic (exact) mass is 351 g/mol. The summed E-state index contributed by atoms with van der Waals surface area (Å²) in [6.07, 6.45) is 0. The van der Waals surface area contributed by atoms with Crippen molar-refractivity contribution in [1.82, 2.24) is 0 Å². The van der Waals surface area contributed by atoms with Gasteiger partial charge in [0.15, 0.2) is 0 Å². The molecule has 1 aliphatic heterocycles. The fourth-order valence-corrected chi connectivity index (χ4v) is 3.30. The third-order valence-corrected chi connectivity index (χ3v) is 4.80. The second-order valence-corrected chi connectivity index (χ2v) is 6.14. The number of carbonyl (C=O) groups excluding carboxylic acids is 2. The number of halogens is 2. The van der Waals surface area contributed by atoms with E-state index in [0.29, 0.717) is 11.3 Å². The predicted octanol–water partition coefficient (Wildman–Crippen LogP) is 3.87. The van der Waals surface area contributed by atoms with Crippen LogP contribution in [0.5, 0.6) is 0 Å². The van der Waals surface area contributed by atoms with E-state index in [9.17, 15) is 14.0 Å². The Morgan fingerprint density at radius 3 is 2.50 bits per heavy atom. The second kappa shape index (κ2) is 5.03. The maximum atomic E-state index is 12.9. The van der Waals surface area contributed by atoms with Crippen LogP contribution in [0.25, 0.3) is 0 Å². The lowest BCUT2D eigenvalue weighted by Gasteiger charge is -2.07. The smallest absolute Gasteiger partial charge is 0.296 e. The summed E-state index contributed by atoms with van der Waals surface area (Å²) in [5, 5.41) is 2.53. The molecular weight excluding hydrogens is 345 g/mol. The number of fused-ring (bicyclic) bond motifs is 1. The van der Waals surface area contributed by atoms with Crippen molar-refractivity contribution < 1.29 is 14.0 Å². The first-order valence-electron chi connectivity index (χ1n) is 5.67. The molecule has 0 radical (unpaired) electrons. The molecule has 0 fully saturated rings. The molecule has 20 heavy (non-hydrogen) atoms. The van der Waals surface area contributed by atoms with Gasteiger partial charge in [0.05, 0.1) is 11.3 Å². The van der Waals surface area contributed by atoms with Gasteiger partial charge in [-0.2, -0.15) is 0 Å². The molecule has 100 valence electrons. The van der Waals surface area contributed by atoms with Gasteiger partial charge in [-0.15, -0.1) is 0 Å². The zero-order valence-electron chi connectivity index (χ0n) is 9.94. The van der Waals surface area contributed by atoms with E-state index in [1.54, 1.807) is 24.3 Å². The number of benzene rings is 2. The minimum Gasteiger partial charge on any atom is -0.318 e. The van der Waals surface area contributed by atoms with E-state index in [-0.39, 0.29) is 5.82 Å². The average Bonchev–Trinajstić information content (AvgIpc) is 2.69. The summed E-state index contributed by atoms with van der Waals surface area (Å²) >= 11 is 4.80. The van der Waals surface area contributed by atoms with E-state index < -0.39 is 11.7 Å². The topological polar surface area (TPSA) is 46.2 Å². The van der Waals surface area contributed by atoms with Crippen molar-refractivity contribution in [1.29, 1.82) is 0 Å². The van der Waals surface area contributed by atoms with Crippen LogP contribution in [-0.4, -0.2) is 11.7 Å². The number of Topliss-reactive ketones (excluding diaryl/α,β-unsaturated/α-hetero) is 1. The van der Waals surface area contributed by atoms with Gasteiger partial charge < -0.3 is 5.32 Å². The van der Waals surface area contributed by atoms with Gasteiger partial charge in [-0.05, 0) is 52.3 Å². The van der Waals surface area contributed by atoms with Crippen molar-refractivity contribution in [2.24, 2.45) is 0 Å². The maximum Gasteiger partial charge on any atom is 0.296 e. The first kappa shape index (κ1) is 13.3. The van der Waals surface area contributed by atoms with Crippen molar-refractivity contribution in [3.63, 3.8) is 0 Å². The van der Waals surface area contributed by atoms with Crippen LogP contribution in [0.15, 0.2) is 50.7 Å². The number of hydrogen-bond donors (Lipinski definition) is 1. The third-order valence-electron chi connectivity index (χ3n) is 2.81. The SMILES string of the molecule is O=C1Nc2cc(Sc3ccc(F)cc3)c(Br)cc2C1=O. The highest BCUT2D eigenvalue weighted by molar-refractivity contribution is 9.10. The molecule has 0 saturated carbocycles. The Balaban J connectivity index is 1.96. The molecule has 0 spiro atoms. The van der Waals surface area contributed by atoms with Gasteiger partial charge >= 0.3 is 0 Å². The molecule has 2 aromatic carbocycles. The molecule has 0 aromatic heterocycles. The summed E-state index contributed by atoms with van der Waals surface area (Å²) in [6, 6.07) is 9.47. The number of hydrogen-bond acceptors (Lipinski definition) is 3. The average molecular weight is 352 g/mol. The Labute approximate surface area is 126 Å². The number of nitrogens with one attached hydrogen (secondary N) is 1. The Morgan fingerprint density at radius 1 is 1.10 bits per heavy atom. The first-order chi connectivity index (χ1) is 9.54. The largest absolute Gasteiger partial charge is 0.318 e. The number of ketones is 1. The van der Waals surface area contributed by atoms with Crippen molar-refractivity contribution in [3.8, 4) is 0 Å². The van der Waals surface area contributed by atoms with E-state index in [0.717, 1.165) is 14.3 Å². The highest BCUT2D eigenvalue weighted by Crippen LogP contribution is 2.38. The Hall–Kier alpha value is -1.66. The first-order valence-corrected chi connectivity index (χ1v) is 7.28. The third kappa shape index (κ3) is 2.36. The van der Waals surface area contributed by atoms with Crippen LogP contribution in [0.4, 0.5) is 10.1 Å². The van der Waals surface area contributed by atoms with Gasteiger partial charge in [0, 0.05) is 14.3 Å². The normalized spacial score (nSPS) is 13.3. The number of rotatable bonds is 2. The van der Waals surface area contributed by atoms with Crippen molar-refractivity contribution in [2.75, 3.05) is 5.32 Å². The predicted molar refractivity (Wildman–Crippen MR) is 77.6 cm³/mol. The molecule has 1 amide bonds. The summed E-state index contributed by atoms with van der Waals surface area (Å²) < 4.78 is 13.6. The van der Waals surface area contributed by atoms with Crippen LogP contribution in [-0.2, 0) is 4.79 Å². The maximum absolute atomic E-state index is 12.9. The summed E-state index contributed by atoms with van der Waals surface area (Å²) in [4.78, 5) is 24.6. The molecule has 3 rings (SSSR count). The zero-order valence-corrected chi connectivity index (χ0v) is 12.3. The van der Waals surface area contributed by atoms with Gasteiger partial charge in [0.2, 0.25) is 0 Å². The van der Waals surface area contributed by atoms with Crippen LogP contribution in [0, 0.1) is 5.82 Å². The molecule has 3 nitrogen and oxygen atoms in total. The summed E-state index contributed by atoms with van der Waals surface area (Å²) in [7, 11) is 0. The number of carbonyl (C=O) groups is 2. The fourth-order valence-electron chi connectivity index (χ4n) is 1.85. The molecule has 1 N–H and O–H groups in total. The summed E-state index contributed by atoms with van der Waals surface area (Å²) in [5.74, 6) is -1.44. The summed E-state index contributed by atoms with van der Waals surface area (Å²) in [5.41, 5.74) is 0.873. The molecule has 0 unspecified atom stereocenters. The van der Waals surface area contributed by atoms with Crippen LogP contribution in [0.2, 0.25) is 0 Å². The molecule has 1 heterocycles. The van der Waals surface area contributed by atoms with Gasteiger partial charge in [0.25, 0.3) is 11.7 Å².